The molecule has 100 valence electrons. The SMILES string of the molecule is CCN(CC(C)/C(N)=N/O)C(=O)c1ccc(C)s1. The van der Waals surface area contributed by atoms with E-state index in [1.165, 1.54) is 11.3 Å². The van der Waals surface area contributed by atoms with Crippen molar-refractivity contribution in [1.29, 1.82) is 0 Å². The van der Waals surface area contributed by atoms with E-state index in [2.05, 4.69) is 5.16 Å². The van der Waals surface area contributed by atoms with E-state index in [-0.39, 0.29) is 17.7 Å². The van der Waals surface area contributed by atoms with Gasteiger partial charge in [0.15, 0.2) is 0 Å². The number of aryl methyl sites for hydroxylation is 1. The largest absolute Gasteiger partial charge is 0.409 e. The average Bonchev–Trinajstić information content (AvgIpc) is 2.80. The second kappa shape index (κ2) is 6.39. The zero-order valence-electron chi connectivity index (χ0n) is 10.9. The summed E-state index contributed by atoms with van der Waals surface area (Å²) in [6, 6.07) is 3.76. The van der Waals surface area contributed by atoms with E-state index < -0.39 is 0 Å². The smallest absolute Gasteiger partial charge is 0.263 e. The fourth-order valence-electron chi connectivity index (χ4n) is 1.58. The molecule has 18 heavy (non-hydrogen) atoms. The molecule has 0 saturated heterocycles. The first kappa shape index (κ1) is 14.5. The molecular weight excluding hydrogens is 250 g/mol. The number of nitrogens with zero attached hydrogens (tertiary/aromatic N) is 2. The number of hydrogen-bond donors (Lipinski definition) is 2. The summed E-state index contributed by atoms with van der Waals surface area (Å²) in [5.74, 6) is -0.0308. The molecule has 0 fully saturated rings. The van der Waals surface area contributed by atoms with Gasteiger partial charge in [0.05, 0.1) is 4.88 Å². The molecule has 1 unspecified atom stereocenters. The molecule has 1 atom stereocenters. The van der Waals surface area contributed by atoms with Gasteiger partial charge in [-0.3, -0.25) is 4.79 Å². The van der Waals surface area contributed by atoms with E-state index in [4.69, 9.17) is 10.9 Å². The van der Waals surface area contributed by atoms with Crippen LogP contribution in [-0.2, 0) is 0 Å². The second-order valence-corrected chi connectivity index (χ2v) is 5.47. The van der Waals surface area contributed by atoms with Crippen LogP contribution in [0.5, 0.6) is 0 Å². The first-order valence-corrected chi connectivity index (χ1v) is 6.64. The summed E-state index contributed by atoms with van der Waals surface area (Å²) < 4.78 is 0. The minimum atomic E-state index is -0.167. The molecule has 1 aromatic heterocycles. The molecule has 1 amide bonds. The van der Waals surface area contributed by atoms with Gasteiger partial charge in [0, 0.05) is 23.9 Å². The standard InChI is InChI=1S/C12H19N3O2S/c1-4-15(7-8(2)11(13)14-17)12(16)10-6-5-9(3)18-10/h5-6,8,17H,4,7H2,1-3H3,(H2,13,14). The van der Waals surface area contributed by atoms with Gasteiger partial charge in [0.2, 0.25) is 0 Å². The highest BCUT2D eigenvalue weighted by molar-refractivity contribution is 7.13. The van der Waals surface area contributed by atoms with Crippen molar-refractivity contribution in [3.8, 4) is 0 Å². The summed E-state index contributed by atoms with van der Waals surface area (Å²) >= 11 is 1.48. The molecule has 0 radical (unpaired) electrons. The van der Waals surface area contributed by atoms with Crippen LogP contribution in [-0.4, -0.2) is 34.9 Å². The lowest BCUT2D eigenvalue weighted by Crippen LogP contribution is -2.38. The lowest BCUT2D eigenvalue weighted by molar-refractivity contribution is 0.0758. The van der Waals surface area contributed by atoms with Crippen LogP contribution in [0.15, 0.2) is 17.3 Å². The Hall–Kier alpha value is -1.56. The fourth-order valence-corrected chi connectivity index (χ4v) is 2.42. The van der Waals surface area contributed by atoms with E-state index in [1.54, 1.807) is 4.90 Å². The molecule has 0 aliphatic carbocycles. The van der Waals surface area contributed by atoms with Crippen LogP contribution in [0.1, 0.15) is 28.4 Å². The molecule has 1 rings (SSSR count). The summed E-state index contributed by atoms with van der Waals surface area (Å²) in [4.78, 5) is 15.8. The molecule has 0 spiro atoms. The summed E-state index contributed by atoms with van der Waals surface area (Å²) in [5, 5.41) is 11.6. The Morgan fingerprint density at radius 1 is 1.61 bits per heavy atom. The molecule has 0 aliphatic rings. The van der Waals surface area contributed by atoms with Crippen molar-refractivity contribution < 1.29 is 10.0 Å². The number of hydrogen-bond acceptors (Lipinski definition) is 4. The minimum Gasteiger partial charge on any atom is -0.409 e. The van der Waals surface area contributed by atoms with Gasteiger partial charge < -0.3 is 15.8 Å². The van der Waals surface area contributed by atoms with E-state index in [0.29, 0.717) is 13.1 Å². The van der Waals surface area contributed by atoms with E-state index in [9.17, 15) is 4.79 Å². The molecule has 0 aromatic carbocycles. The van der Waals surface area contributed by atoms with Gasteiger partial charge >= 0.3 is 0 Å². The van der Waals surface area contributed by atoms with Gasteiger partial charge in [0.1, 0.15) is 5.84 Å². The first-order valence-electron chi connectivity index (χ1n) is 5.82. The fraction of sp³-hybridized carbons (Fsp3) is 0.500. The minimum absolute atomic E-state index is 0.00631. The summed E-state index contributed by atoms with van der Waals surface area (Å²) in [7, 11) is 0. The number of amides is 1. The second-order valence-electron chi connectivity index (χ2n) is 4.18. The van der Waals surface area contributed by atoms with Crippen molar-refractivity contribution in [2.24, 2.45) is 16.8 Å². The van der Waals surface area contributed by atoms with Gasteiger partial charge in [-0.05, 0) is 26.0 Å². The molecule has 1 aromatic rings. The summed E-state index contributed by atoms with van der Waals surface area (Å²) in [6.07, 6.45) is 0. The zero-order chi connectivity index (χ0) is 13.7. The maximum atomic E-state index is 12.2. The molecular formula is C12H19N3O2S. The van der Waals surface area contributed by atoms with Crippen molar-refractivity contribution in [3.05, 3.63) is 21.9 Å². The molecule has 0 bridgehead atoms. The predicted octanol–water partition coefficient (Wildman–Crippen LogP) is 1.90. The lowest BCUT2D eigenvalue weighted by atomic mass is 10.1. The quantitative estimate of drug-likeness (QED) is 0.371. The third kappa shape index (κ3) is 3.46. The van der Waals surface area contributed by atoms with Crippen molar-refractivity contribution in [2.45, 2.75) is 20.8 Å². The first-order chi connectivity index (χ1) is 8.49. The van der Waals surface area contributed by atoms with Crippen LogP contribution in [0, 0.1) is 12.8 Å². The molecule has 3 N–H and O–H groups in total. The lowest BCUT2D eigenvalue weighted by Gasteiger charge is -2.23. The van der Waals surface area contributed by atoms with Crippen molar-refractivity contribution in [2.75, 3.05) is 13.1 Å². The highest BCUT2D eigenvalue weighted by Gasteiger charge is 2.19. The highest BCUT2D eigenvalue weighted by atomic mass is 32.1. The maximum Gasteiger partial charge on any atom is 0.263 e. The van der Waals surface area contributed by atoms with Gasteiger partial charge in [-0.2, -0.15) is 0 Å². The van der Waals surface area contributed by atoms with Crippen LogP contribution < -0.4 is 5.73 Å². The van der Waals surface area contributed by atoms with Crippen LogP contribution >= 0.6 is 11.3 Å². The Morgan fingerprint density at radius 2 is 2.28 bits per heavy atom. The monoisotopic (exact) mass is 269 g/mol. The molecule has 0 aliphatic heterocycles. The van der Waals surface area contributed by atoms with E-state index in [1.807, 2.05) is 32.9 Å². The molecule has 1 heterocycles. The van der Waals surface area contributed by atoms with Crippen molar-refractivity contribution in [3.63, 3.8) is 0 Å². The number of carbonyl (C=O) groups is 1. The highest BCUT2D eigenvalue weighted by Crippen LogP contribution is 2.17. The predicted molar refractivity (Wildman–Crippen MR) is 73.2 cm³/mol. The number of nitrogens with two attached hydrogens (primary N) is 1. The number of oxime groups is 1. The molecule has 6 heteroatoms. The number of amidine groups is 1. The number of thiophene rings is 1. The Labute approximate surface area is 111 Å². The molecule has 0 saturated carbocycles. The van der Waals surface area contributed by atoms with Crippen LogP contribution in [0.3, 0.4) is 0 Å². The Balaban J connectivity index is 2.75. The average molecular weight is 269 g/mol. The third-order valence-electron chi connectivity index (χ3n) is 2.73. The van der Waals surface area contributed by atoms with Gasteiger partial charge in [0.25, 0.3) is 5.91 Å². The zero-order valence-corrected chi connectivity index (χ0v) is 11.7. The summed E-state index contributed by atoms with van der Waals surface area (Å²) in [5.41, 5.74) is 5.53. The van der Waals surface area contributed by atoms with Gasteiger partial charge in [-0.25, -0.2) is 0 Å². The normalized spacial score (nSPS) is 13.4. The van der Waals surface area contributed by atoms with Gasteiger partial charge in [-0.1, -0.05) is 12.1 Å². The van der Waals surface area contributed by atoms with E-state index >= 15 is 0 Å². The number of rotatable bonds is 5. The van der Waals surface area contributed by atoms with Crippen LogP contribution in [0.25, 0.3) is 0 Å². The topological polar surface area (TPSA) is 78.9 Å². The van der Waals surface area contributed by atoms with E-state index in [0.717, 1.165) is 9.75 Å². The van der Waals surface area contributed by atoms with Crippen molar-refractivity contribution in [1.82, 2.24) is 4.90 Å². The van der Waals surface area contributed by atoms with Crippen molar-refractivity contribution >= 4 is 23.1 Å². The Kier molecular flexibility index (Phi) is 5.15. The van der Waals surface area contributed by atoms with Crippen LogP contribution in [0.4, 0.5) is 0 Å². The number of carbonyl (C=O) groups excluding carboxylic acids is 1. The third-order valence-corrected chi connectivity index (χ3v) is 3.72. The maximum absolute atomic E-state index is 12.2. The Bertz CT molecular complexity index is 442. The summed E-state index contributed by atoms with van der Waals surface area (Å²) in [6.45, 7) is 6.75. The van der Waals surface area contributed by atoms with Crippen LogP contribution in [0.2, 0.25) is 0 Å². The Morgan fingerprint density at radius 3 is 2.72 bits per heavy atom. The molecule has 5 nitrogen and oxygen atoms in total. The van der Waals surface area contributed by atoms with Gasteiger partial charge in [-0.15, -0.1) is 11.3 Å².